The van der Waals surface area contributed by atoms with E-state index in [1.165, 1.54) is 31.2 Å². The number of aromatic nitrogens is 2. The van der Waals surface area contributed by atoms with Crippen LogP contribution in [0.3, 0.4) is 0 Å². The van der Waals surface area contributed by atoms with E-state index in [1.54, 1.807) is 24.3 Å². The molecule has 0 aliphatic rings. The van der Waals surface area contributed by atoms with Crippen LogP contribution in [0.4, 0.5) is 0 Å². The number of terminal acetylenes is 1. The Kier molecular flexibility index (Phi) is 11.3. The highest BCUT2D eigenvalue weighted by molar-refractivity contribution is 7.52. The molecule has 224 valence electrons. The molecule has 5 atom stereocenters. The summed E-state index contributed by atoms with van der Waals surface area (Å²) in [4.78, 5) is 38.3. The zero-order valence-electron chi connectivity index (χ0n) is 22.5. The fraction of sp³-hybridized carbons (Fsp3) is 0.296. The van der Waals surface area contributed by atoms with Crippen LogP contribution in [-0.2, 0) is 35.7 Å². The minimum atomic E-state index is -4.45. The number of methoxy groups -OCH3 is 1. The Morgan fingerprint density at radius 2 is 1.86 bits per heavy atom. The number of carbonyl (C=O) groups is 1. The largest absolute Gasteiger partial charge is 0.460 e. The molecule has 0 radical (unpaired) electrons. The number of aliphatic hydroxyl groups is 2. The number of ether oxygens (including phenoxy) is 2. The van der Waals surface area contributed by atoms with Crippen molar-refractivity contribution in [3.63, 3.8) is 0 Å². The Hall–Kier alpha value is -3.73. The molecule has 3 aromatic rings. The van der Waals surface area contributed by atoms with Gasteiger partial charge in [0.1, 0.15) is 30.6 Å². The molecule has 13 nitrogen and oxygen atoms in total. The Bertz CT molecular complexity index is 1560. The molecule has 0 spiro atoms. The van der Waals surface area contributed by atoms with Crippen LogP contribution in [0.1, 0.15) is 12.5 Å². The van der Waals surface area contributed by atoms with E-state index in [9.17, 15) is 29.2 Å². The number of hydrogen-bond acceptors (Lipinski definition) is 10. The van der Waals surface area contributed by atoms with E-state index in [4.69, 9.17) is 36.5 Å². The fourth-order valence-electron chi connectivity index (χ4n) is 3.57. The molecule has 0 bridgehead atoms. The van der Waals surface area contributed by atoms with E-state index in [2.05, 4.69) is 5.09 Å². The maximum Gasteiger partial charge on any atom is 0.459 e. The summed E-state index contributed by atoms with van der Waals surface area (Å²) in [6, 6.07) is 14.3. The van der Waals surface area contributed by atoms with Crippen molar-refractivity contribution in [3.05, 3.63) is 98.3 Å². The number of carbonyl (C=O) groups excluding carboxylic acids is 1. The van der Waals surface area contributed by atoms with Crippen LogP contribution in [0, 0.1) is 12.3 Å². The minimum Gasteiger partial charge on any atom is -0.460 e. The first-order valence-electron chi connectivity index (χ1n) is 12.3. The summed E-state index contributed by atoms with van der Waals surface area (Å²) in [7, 11) is -3.32. The van der Waals surface area contributed by atoms with Crippen LogP contribution in [0.15, 0.2) is 76.4 Å². The van der Waals surface area contributed by atoms with Gasteiger partial charge in [0.2, 0.25) is 5.72 Å². The molecule has 0 amide bonds. The van der Waals surface area contributed by atoms with Crippen LogP contribution in [-0.4, -0.2) is 57.7 Å². The van der Waals surface area contributed by atoms with Gasteiger partial charge in [-0.15, -0.1) is 6.42 Å². The number of aliphatic hydroxyl groups excluding tert-OH is 1. The van der Waals surface area contributed by atoms with Crippen molar-refractivity contribution in [1.29, 1.82) is 0 Å². The van der Waals surface area contributed by atoms with Crippen molar-refractivity contribution in [2.45, 2.75) is 37.5 Å². The number of aromatic amines is 1. The highest BCUT2D eigenvalue weighted by Gasteiger charge is 2.44. The number of hydrogen-bond donors (Lipinski definition) is 4. The minimum absolute atomic E-state index is 0.0401. The summed E-state index contributed by atoms with van der Waals surface area (Å²) in [5.74, 6) is 1.19. The number of nitrogens with zero attached hydrogens (tertiary/aromatic N) is 1. The smallest absolute Gasteiger partial charge is 0.459 e. The number of nitrogens with one attached hydrogen (secondary N) is 2. The molecule has 1 unspecified atom stereocenters. The van der Waals surface area contributed by atoms with Gasteiger partial charge in [0.05, 0.1) is 6.61 Å². The first-order chi connectivity index (χ1) is 19.9. The molecule has 0 saturated heterocycles. The summed E-state index contributed by atoms with van der Waals surface area (Å²) in [6.45, 7) is 0.599. The molecule has 0 aliphatic heterocycles. The second-order valence-corrected chi connectivity index (χ2v) is 11.0. The van der Waals surface area contributed by atoms with Crippen molar-refractivity contribution in [1.82, 2.24) is 14.6 Å². The second kappa shape index (κ2) is 14.4. The third kappa shape index (κ3) is 8.40. The predicted molar refractivity (Wildman–Crippen MR) is 152 cm³/mol. The third-order valence-corrected chi connectivity index (χ3v) is 7.74. The molecule has 42 heavy (non-hydrogen) atoms. The van der Waals surface area contributed by atoms with Crippen LogP contribution < -0.4 is 20.9 Å². The number of H-pyrrole nitrogens is 1. The summed E-state index contributed by atoms with van der Waals surface area (Å²) in [5.41, 5.74) is -3.87. The highest BCUT2D eigenvalue weighted by atomic mass is 35.5. The van der Waals surface area contributed by atoms with Crippen LogP contribution in [0.25, 0.3) is 0 Å². The molecule has 0 saturated carbocycles. The zero-order valence-corrected chi connectivity index (χ0v) is 24.2. The van der Waals surface area contributed by atoms with E-state index >= 15 is 0 Å². The van der Waals surface area contributed by atoms with Gasteiger partial charge in [-0.3, -0.25) is 23.7 Å². The standard InChI is InChI=1S/C27H29ClN3O10P/c1-4-27(36,31-15-14-23(32)29-26(31)35)24(33)22(38-3)17-40-42(37,41-21-12-10-20(28)11-13-21)30-18(2)25(34)39-16-19-8-6-5-7-9-19/h1,5-15,18,22,24,33,36H,16-17H2,2-3H3,(H,30,37)(H,29,32,35)/t18-,22+,24+,27+,42?/m0/s1. The lowest BCUT2D eigenvalue weighted by molar-refractivity contribution is -0.154. The first-order valence-corrected chi connectivity index (χ1v) is 14.2. The average Bonchev–Trinajstić information content (AvgIpc) is 2.97. The van der Waals surface area contributed by atoms with E-state index in [1.807, 2.05) is 17.0 Å². The van der Waals surface area contributed by atoms with E-state index in [0.717, 1.165) is 24.9 Å². The quantitative estimate of drug-likeness (QED) is 0.117. The SMILES string of the molecule is C#C[C@@](O)([C@H](O)[C@@H](COP(=O)(N[C@@H](C)C(=O)OCc1ccccc1)Oc1ccc(Cl)cc1)OC)n1ccc(=O)[nH]c1=O. The van der Waals surface area contributed by atoms with Gasteiger partial charge >= 0.3 is 19.4 Å². The van der Waals surface area contributed by atoms with Crippen LogP contribution in [0.2, 0.25) is 5.02 Å². The molecule has 0 fully saturated rings. The Morgan fingerprint density at radius 1 is 1.19 bits per heavy atom. The molecule has 1 heterocycles. The van der Waals surface area contributed by atoms with Crippen LogP contribution in [0.5, 0.6) is 5.75 Å². The first kappa shape index (κ1) is 32.8. The van der Waals surface area contributed by atoms with Gasteiger partial charge in [-0.25, -0.2) is 9.36 Å². The molecular formula is C27H29ClN3O10P. The lowest BCUT2D eigenvalue weighted by Crippen LogP contribution is -2.56. The Labute approximate surface area is 245 Å². The fourth-order valence-corrected chi connectivity index (χ4v) is 5.20. The molecule has 2 aromatic carbocycles. The van der Waals surface area contributed by atoms with Crippen molar-refractivity contribution in [3.8, 4) is 18.1 Å². The molecule has 3 rings (SSSR count). The molecular weight excluding hydrogens is 593 g/mol. The lowest BCUT2D eigenvalue weighted by Gasteiger charge is -2.34. The average molecular weight is 622 g/mol. The van der Waals surface area contributed by atoms with E-state index in [0.29, 0.717) is 9.59 Å². The van der Waals surface area contributed by atoms with Crippen molar-refractivity contribution < 1.29 is 38.1 Å². The lowest BCUT2D eigenvalue weighted by atomic mass is 10.0. The van der Waals surface area contributed by atoms with Gasteiger partial charge < -0.3 is 24.2 Å². The Morgan fingerprint density at radius 3 is 2.45 bits per heavy atom. The summed E-state index contributed by atoms with van der Waals surface area (Å²) < 4.78 is 35.9. The van der Waals surface area contributed by atoms with Gasteiger partial charge in [-0.2, -0.15) is 5.09 Å². The van der Waals surface area contributed by atoms with Gasteiger partial charge in [0, 0.05) is 24.4 Å². The van der Waals surface area contributed by atoms with Gasteiger partial charge in [0.25, 0.3) is 5.56 Å². The maximum atomic E-state index is 13.8. The van der Waals surface area contributed by atoms with Gasteiger partial charge in [-0.05, 0) is 42.7 Å². The number of esters is 1. The maximum absolute atomic E-state index is 13.8. The number of rotatable bonds is 14. The van der Waals surface area contributed by atoms with Crippen molar-refractivity contribution >= 4 is 25.3 Å². The zero-order chi connectivity index (χ0) is 30.9. The normalized spacial score (nSPS) is 16.2. The van der Waals surface area contributed by atoms with E-state index < -0.39 is 55.5 Å². The van der Waals surface area contributed by atoms with Crippen LogP contribution >= 0.6 is 19.3 Å². The second-order valence-electron chi connectivity index (χ2n) is 8.85. The van der Waals surface area contributed by atoms with Crippen molar-refractivity contribution in [2.24, 2.45) is 0 Å². The topological polar surface area (TPSA) is 178 Å². The van der Waals surface area contributed by atoms with E-state index in [-0.39, 0.29) is 12.4 Å². The van der Waals surface area contributed by atoms with Crippen molar-refractivity contribution in [2.75, 3.05) is 13.7 Å². The molecule has 4 N–H and O–H groups in total. The summed E-state index contributed by atoms with van der Waals surface area (Å²) >= 11 is 5.92. The van der Waals surface area contributed by atoms with Gasteiger partial charge in [0.15, 0.2) is 0 Å². The molecule has 1 aromatic heterocycles. The molecule has 15 heteroatoms. The summed E-state index contributed by atoms with van der Waals surface area (Å²) in [5, 5.41) is 24.8. The Balaban J connectivity index is 1.81. The number of halogens is 1. The number of benzene rings is 2. The predicted octanol–water partition coefficient (Wildman–Crippen LogP) is 1.77. The molecule has 0 aliphatic carbocycles. The highest BCUT2D eigenvalue weighted by Crippen LogP contribution is 2.45. The van der Waals surface area contributed by atoms with Gasteiger partial charge in [-0.1, -0.05) is 41.9 Å². The monoisotopic (exact) mass is 621 g/mol. The third-order valence-electron chi connectivity index (χ3n) is 5.85. The summed E-state index contributed by atoms with van der Waals surface area (Å²) in [6.07, 6.45) is 2.75.